The highest BCUT2D eigenvalue weighted by molar-refractivity contribution is 6.31. The Morgan fingerprint density at radius 1 is 1.15 bits per heavy atom. The Morgan fingerprint density at radius 2 is 1.90 bits per heavy atom. The molecule has 1 N–H and O–H groups in total. The van der Waals surface area contributed by atoms with Crippen LogP contribution in [0, 0.1) is 11.8 Å². The largest absolute Gasteiger partial charge is 0.444 e. The molecule has 0 bridgehead atoms. The van der Waals surface area contributed by atoms with Crippen LogP contribution in [0.1, 0.15) is 63.6 Å². The van der Waals surface area contributed by atoms with Gasteiger partial charge in [0.25, 0.3) is 0 Å². The van der Waals surface area contributed by atoms with Crippen molar-refractivity contribution in [2.24, 2.45) is 21.8 Å². The molecule has 0 saturated carbocycles. The van der Waals surface area contributed by atoms with Gasteiger partial charge in [-0.2, -0.15) is 0 Å². The summed E-state index contributed by atoms with van der Waals surface area (Å²) in [6, 6.07) is 14.8. The molecule has 1 unspecified atom stereocenters. The molecular formula is C33H40ClN5O2. The van der Waals surface area contributed by atoms with E-state index in [9.17, 15) is 4.79 Å². The number of likely N-dealkylation sites (tertiary alicyclic amines) is 1. The van der Waals surface area contributed by atoms with Crippen LogP contribution in [0.25, 0.3) is 0 Å². The first-order valence-electron chi connectivity index (χ1n) is 14.8. The summed E-state index contributed by atoms with van der Waals surface area (Å²) in [5.74, 6) is 1.73. The molecule has 1 spiro atoms. The number of ether oxygens (including phenoxy) is 1. The van der Waals surface area contributed by atoms with Crippen molar-refractivity contribution >= 4 is 35.6 Å². The number of benzene rings is 2. The summed E-state index contributed by atoms with van der Waals surface area (Å²) in [6.45, 7) is 12.0. The number of amidine groups is 1. The lowest BCUT2D eigenvalue weighted by Gasteiger charge is -2.41. The number of alkyl carbamates (subject to hydrolysis) is 1. The molecule has 0 radical (unpaired) electrons. The number of anilines is 1. The third-order valence-electron chi connectivity index (χ3n) is 8.92. The Labute approximate surface area is 248 Å². The van der Waals surface area contributed by atoms with Gasteiger partial charge in [-0.3, -0.25) is 4.90 Å². The van der Waals surface area contributed by atoms with Gasteiger partial charge in [-0.15, -0.1) is 0 Å². The minimum atomic E-state index is -0.569. The normalized spacial score (nSPS) is 23.2. The SMILES string of the molecule is C[C@@H]1CC=C2N=CN=C(N3CC4(CCN(Cc5ccccc5)CC4)c4c3ccc(Cl)c4CNC(=O)OC(C)(C)C)C21. The van der Waals surface area contributed by atoms with E-state index in [1.165, 1.54) is 11.1 Å². The van der Waals surface area contributed by atoms with Gasteiger partial charge in [0.1, 0.15) is 17.8 Å². The first kappa shape index (κ1) is 28.0. The lowest BCUT2D eigenvalue weighted by Crippen LogP contribution is -2.47. The van der Waals surface area contributed by atoms with E-state index >= 15 is 0 Å². The molecule has 1 saturated heterocycles. The third kappa shape index (κ3) is 5.54. The van der Waals surface area contributed by atoms with Crippen LogP contribution in [0.5, 0.6) is 0 Å². The van der Waals surface area contributed by atoms with Crippen LogP contribution in [0.3, 0.4) is 0 Å². The number of halogens is 1. The van der Waals surface area contributed by atoms with E-state index in [0.29, 0.717) is 17.5 Å². The summed E-state index contributed by atoms with van der Waals surface area (Å²) >= 11 is 6.93. The molecule has 1 fully saturated rings. The van der Waals surface area contributed by atoms with Gasteiger partial charge < -0.3 is 15.0 Å². The molecule has 3 heterocycles. The number of nitrogens with zero attached hydrogens (tertiary/aromatic N) is 4. The average molecular weight is 574 g/mol. The van der Waals surface area contributed by atoms with E-state index in [-0.39, 0.29) is 11.3 Å². The zero-order valence-corrected chi connectivity index (χ0v) is 25.2. The maximum absolute atomic E-state index is 12.7. The predicted octanol–water partition coefficient (Wildman–Crippen LogP) is 6.70. The standard InChI is InChI=1S/C33H40ClN5O2/c1-22-10-12-26-28(22)30(37-21-36-26)39-20-33(14-16-38(17-15-33)19-23-8-6-5-7-9-23)29-24(25(34)11-13-27(29)39)18-35-31(40)41-32(2,3)4/h5-9,11-13,21-22,28H,10,14-20H2,1-4H3,(H,35,40)/t22-,28?/m1/s1. The summed E-state index contributed by atoms with van der Waals surface area (Å²) in [6.07, 6.45) is 6.57. The van der Waals surface area contributed by atoms with Crippen LogP contribution in [0.4, 0.5) is 10.5 Å². The number of hydrogen-bond donors (Lipinski definition) is 1. The van der Waals surface area contributed by atoms with Crippen LogP contribution in [0.15, 0.2) is 64.2 Å². The highest BCUT2D eigenvalue weighted by atomic mass is 35.5. The predicted molar refractivity (Wildman–Crippen MR) is 166 cm³/mol. The molecule has 2 aromatic rings. The fourth-order valence-corrected chi connectivity index (χ4v) is 7.21. The number of amides is 1. The van der Waals surface area contributed by atoms with Crippen molar-refractivity contribution in [3.05, 3.63) is 76.0 Å². The minimum absolute atomic E-state index is 0.0960. The fraction of sp³-hybridized carbons (Fsp3) is 0.485. The Hall–Kier alpha value is -3.16. The molecule has 2 atom stereocenters. The summed E-state index contributed by atoms with van der Waals surface area (Å²) in [4.78, 5) is 27.2. The second-order valence-corrected chi connectivity index (χ2v) is 13.4. The maximum Gasteiger partial charge on any atom is 0.407 e. The summed E-state index contributed by atoms with van der Waals surface area (Å²) < 4.78 is 5.55. The summed E-state index contributed by atoms with van der Waals surface area (Å²) in [5.41, 5.74) is 5.19. The van der Waals surface area contributed by atoms with Crippen molar-refractivity contribution in [2.45, 2.75) is 71.1 Å². The van der Waals surface area contributed by atoms with Crippen LogP contribution >= 0.6 is 11.6 Å². The smallest absolute Gasteiger partial charge is 0.407 e. The van der Waals surface area contributed by atoms with Gasteiger partial charge >= 0.3 is 6.09 Å². The Bertz CT molecular complexity index is 1400. The molecule has 1 amide bonds. The van der Waals surface area contributed by atoms with Gasteiger partial charge in [0.05, 0.1) is 5.92 Å². The highest BCUT2D eigenvalue weighted by Gasteiger charge is 2.49. The molecule has 3 aliphatic heterocycles. The van der Waals surface area contributed by atoms with Gasteiger partial charge in [-0.05, 0) is 87.9 Å². The van der Waals surface area contributed by atoms with E-state index < -0.39 is 11.7 Å². The Balaban J connectivity index is 1.34. The van der Waals surface area contributed by atoms with E-state index in [2.05, 4.69) is 69.5 Å². The van der Waals surface area contributed by atoms with Gasteiger partial charge in [0.15, 0.2) is 0 Å². The topological polar surface area (TPSA) is 69.5 Å². The van der Waals surface area contributed by atoms with Crippen molar-refractivity contribution < 1.29 is 9.53 Å². The lowest BCUT2D eigenvalue weighted by molar-refractivity contribution is 0.0523. The van der Waals surface area contributed by atoms with E-state index in [0.717, 1.165) is 68.2 Å². The van der Waals surface area contributed by atoms with E-state index in [1.54, 1.807) is 6.34 Å². The second-order valence-electron chi connectivity index (χ2n) is 13.0. The number of carbonyl (C=O) groups is 1. The van der Waals surface area contributed by atoms with Crippen molar-refractivity contribution in [1.29, 1.82) is 0 Å². The van der Waals surface area contributed by atoms with Crippen molar-refractivity contribution in [3.63, 3.8) is 0 Å². The number of allylic oxidation sites excluding steroid dienone is 1. The van der Waals surface area contributed by atoms with Gasteiger partial charge in [0, 0.05) is 41.5 Å². The minimum Gasteiger partial charge on any atom is -0.444 e. The van der Waals surface area contributed by atoms with Crippen LogP contribution in [-0.4, -0.2) is 48.4 Å². The Morgan fingerprint density at radius 3 is 2.63 bits per heavy atom. The number of piperidine rings is 1. The number of fused-ring (bicyclic) bond motifs is 3. The van der Waals surface area contributed by atoms with Crippen LogP contribution in [0.2, 0.25) is 5.02 Å². The first-order chi connectivity index (χ1) is 19.6. The molecule has 216 valence electrons. The van der Waals surface area contributed by atoms with Crippen molar-refractivity contribution in [2.75, 3.05) is 24.5 Å². The molecule has 7 nitrogen and oxygen atoms in total. The number of rotatable bonds is 4. The fourth-order valence-electron chi connectivity index (χ4n) is 6.99. The maximum atomic E-state index is 12.7. The molecule has 41 heavy (non-hydrogen) atoms. The Kier molecular flexibility index (Phi) is 7.45. The zero-order chi connectivity index (χ0) is 28.8. The lowest BCUT2D eigenvalue weighted by atomic mass is 9.72. The second kappa shape index (κ2) is 10.9. The highest BCUT2D eigenvalue weighted by Crippen LogP contribution is 2.52. The quantitative estimate of drug-likeness (QED) is 0.442. The number of aliphatic imine (C=N–C) groups is 2. The molecule has 8 heteroatoms. The van der Waals surface area contributed by atoms with Gasteiger partial charge in [0.2, 0.25) is 0 Å². The molecule has 6 rings (SSSR count). The first-order valence-corrected chi connectivity index (χ1v) is 15.1. The zero-order valence-electron chi connectivity index (χ0n) is 24.5. The molecule has 4 aliphatic rings. The summed E-state index contributed by atoms with van der Waals surface area (Å²) in [7, 11) is 0. The van der Waals surface area contributed by atoms with Crippen molar-refractivity contribution in [3.8, 4) is 0 Å². The van der Waals surface area contributed by atoms with Crippen molar-refractivity contribution in [1.82, 2.24) is 10.2 Å². The van der Waals surface area contributed by atoms with E-state index in [4.69, 9.17) is 21.3 Å². The number of carbonyl (C=O) groups excluding carboxylic acids is 1. The molecular weight excluding hydrogens is 534 g/mol. The average Bonchev–Trinajstić information content (AvgIpc) is 3.47. The van der Waals surface area contributed by atoms with Crippen LogP contribution in [-0.2, 0) is 23.2 Å². The molecule has 1 aliphatic carbocycles. The number of hydrogen-bond acceptors (Lipinski definition) is 6. The summed E-state index contributed by atoms with van der Waals surface area (Å²) in [5, 5.41) is 3.67. The number of nitrogens with one attached hydrogen (secondary N) is 1. The van der Waals surface area contributed by atoms with Gasteiger partial charge in [-0.25, -0.2) is 14.8 Å². The van der Waals surface area contributed by atoms with Gasteiger partial charge in [-0.1, -0.05) is 54.9 Å². The molecule has 2 aromatic carbocycles. The van der Waals surface area contributed by atoms with E-state index in [1.807, 2.05) is 26.8 Å². The third-order valence-corrected chi connectivity index (χ3v) is 9.28. The molecule has 0 aromatic heterocycles. The monoisotopic (exact) mass is 573 g/mol. The van der Waals surface area contributed by atoms with Crippen LogP contribution < -0.4 is 10.2 Å².